The van der Waals surface area contributed by atoms with Crippen LogP contribution >= 0.6 is 0 Å². The number of aryl methyl sites for hydroxylation is 2. The topological polar surface area (TPSA) is 54.5 Å². The molecule has 2 aromatic rings. The minimum atomic E-state index is -0.441. The SMILES string of the molecule is Cc1cc(C)cc([C@H](NC(=O)[C@@H]2CN(C)CCO2)c2cccnc2)c1. The maximum atomic E-state index is 12.8. The molecule has 1 aliphatic rings. The number of carbonyl (C=O) groups is 1. The number of pyridine rings is 1. The smallest absolute Gasteiger partial charge is 0.251 e. The molecule has 1 fully saturated rings. The molecule has 2 atom stereocenters. The summed E-state index contributed by atoms with van der Waals surface area (Å²) in [6.45, 7) is 6.18. The van der Waals surface area contributed by atoms with Crippen LogP contribution in [0.4, 0.5) is 0 Å². The Kier molecular flexibility index (Phi) is 5.46. The van der Waals surface area contributed by atoms with Crippen LogP contribution in [0.3, 0.4) is 0 Å². The summed E-state index contributed by atoms with van der Waals surface area (Å²) in [5.41, 5.74) is 4.37. The van der Waals surface area contributed by atoms with Crippen LogP contribution in [0, 0.1) is 13.8 Å². The number of rotatable bonds is 4. The summed E-state index contributed by atoms with van der Waals surface area (Å²) in [5, 5.41) is 3.16. The van der Waals surface area contributed by atoms with Gasteiger partial charge in [0.05, 0.1) is 12.6 Å². The van der Waals surface area contributed by atoms with E-state index < -0.39 is 6.10 Å². The highest BCUT2D eigenvalue weighted by Gasteiger charge is 2.27. The lowest BCUT2D eigenvalue weighted by molar-refractivity contribution is -0.138. The highest BCUT2D eigenvalue weighted by atomic mass is 16.5. The maximum Gasteiger partial charge on any atom is 0.251 e. The van der Waals surface area contributed by atoms with E-state index in [1.54, 1.807) is 12.4 Å². The molecule has 1 saturated heterocycles. The number of amides is 1. The third-order valence-electron chi connectivity index (χ3n) is 4.44. The molecule has 3 rings (SSSR count). The largest absolute Gasteiger partial charge is 0.366 e. The summed E-state index contributed by atoms with van der Waals surface area (Å²) in [7, 11) is 2.01. The van der Waals surface area contributed by atoms with Crippen LogP contribution in [0.5, 0.6) is 0 Å². The van der Waals surface area contributed by atoms with E-state index in [-0.39, 0.29) is 11.9 Å². The lowest BCUT2D eigenvalue weighted by Crippen LogP contribution is -2.49. The molecular weight excluding hydrogens is 314 g/mol. The molecule has 0 saturated carbocycles. The number of aromatic nitrogens is 1. The van der Waals surface area contributed by atoms with Crippen LogP contribution in [0.15, 0.2) is 42.7 Å². The van der Waals surface area contributed by atoms with E-state index in [0.29, 0.717) is 13.2 Å². The van der Waals surface area contributed by atoms with Crippen LogP contribution in [-0.2, 0) is 9.53 Å². The normalized spacial score (nSPS) is 19.4. The van der Waals surface area contributed by atoms with Gasteiger partial charge in [0.25, 0.3) is 5.91 Å². The van der Waals surface area contributed by atoms with Gasteiger partial charge >= 0.3 is 0 Å². The van der Waals surface area contributed by atoms with Crippen molar-refractivity contribution < 1.29 is 9.53 Å². The lowest BCUT2D eigenvalue weighted by atomic mass is 9.96. The van der Waals surface area contributed by atoms with E-state index in [1.807, 2.05) is 19.2 Å². The van der Waals surface area contributed by atoms with E-state index >= 15 is 0 Å². The highest BCUT2D eigenvalue weighted by molar-refractivity contribution is 5.82. The van der Waals surface area contributed by atoms with Gasteiger partial charge in [0.1, 0.15) is 6.10 Å². The third kappa shape index (κ3) is 4.44. The van der Waals surface area contributed by atoms with Crippen LogP contribution < -0.4 is 5.32 Å². The molecule has 1 N–H and O–H groups in total. The first-order valence-corrected chi connectivity index (χ1v) is 8.61. The summed E-state index contributed by atoms with van der Waals surface area (Å²) in [6, 6.07) is 9.99. The zero-order valence-corrected chi connectivity index (χ0v) is 15.0. The fourth-order valence-corrected chi connectivity index (χ4v) is 3.25. The second-order valence-electron chi connectivity index (χ2n) is 6.77. The first-order valence-electron chi connectivity index (χ1n) is 8.61. The van der Waals surface area contributed by atoms with Crippen molar-refractivity contribution in [1.82, 2.24) is 15.2 Å². The van der Waals surface area contributed by atoms with Crippen LogP contribution in [0.25, 0.3) is 0 Å². The molecule has 2 heterocycles. The Morgan fingerprint density at radius 3 is 2.68 bits per heavy atom. The number of likely N-dealkylation sites (N-methyl/N-ethyl adjacent to an activating group) is 1. The van der Waals surface area contributed by atoms with E-state index in [1.165, 1.54) is 11.1 Å². The average Bonchev–Trinajstić information content (AvgIpc) is 2.59. The maximum absolute atomic E-state index is 12.8. The minimum absolute atomic E-state index is 0.0837. The van der Waals surface area contributed by atoms with Crippen LogP contribution in [0.2, 0.25) is 0 Å². The molecule has 0 bridgehead atoms. The van der Waals surface area contributed by atoms with E-state index in [4.69, 9.17) is 4.74 Å². The number of hydrogen-bond donors (Lipinski definition) is 1. The zero-order valence-electron chi connectivity index (χ0n) is 15.0. The van der Waals surface area contributed by atoms with E-state index in [9.17, 15) is 4.79 Å². The Labute approximate surface area is 149 Å². The van der Waals surface area contributed by atoms with Crippen molar-refractivity contribution in [2.75, 3.05) is 26.7 Å². The average molecular weight is 339 g/mol. The van der Waals surface area contributed by atoms with Crippen molar-refractivity contribution in [2.45, 2.75) is 26.0 Å². The second kappa shape index (κ2) is 7.76. The Morgan fingerprint density at radius 2 is 2.04 bits per heavy atom. The first kappa shape index (κ1) is 17.6. The monoisotopic (exact) mass is 339 g/mol. The van der Waals surface area contributed by atoms with Gasteiger partial charge in [-0.05, 0) is 38.1 Å². The van der Waals surface area contributed by atoms with Crippen molar-refractivity contribution in [1.29, 1.82) is 0 Å². The summed E-state index contributed by atoms with van der Waals surface area (Å²) in [4.78, 5) is 19.1. The Morgan fingerprint density at radius 1 is 1.28 bits per heavy atom. The van der Waals surface area contributed by atoms with Crippen molar-refractivity contribution in [3.8, 4) is 0 Å². The molecule has 1 aliphatic heterocycles. The molecule has 25 heavy (non-hydrogen) atoms. The number of ether oxygens (including phenoxy) is 1. The molecule has 132 valence electrons. The molecule has 0 aliphatic carbocycles. The fourth-order valence-electron chi connectivity index (χ4n) is 3.25. The number of hydrogen-bond acceptors (Lipinski definition) is 4. The van der Waals surface area contributed by atoms with Crippen molar-refractivity contribution in [3.63, 3.8) is 0 Å². The molecule has 5 nitrogen and oxygen atoms in total. The summed E-state index contributed by atoms with van der Waals surface area (Å²) in [6.07, 6.45) is 3.10. The number of carbonyl (C=O) groups excluding carboxylic acids is 1. The van der Waals surface area contributed by atoms with Crippen molar-refractivity contribution in [3.05, 3.63) is 65.0 Å². The van der Waals surface area contributed by atoms with Gasteiger partial charge in [0.2, 0.25) is 0 Å². The van der Waals surface area contributed by atoms with Gasteiger partial charge in [-0.2, -0.15) is 0 Å². The molecular formula is C20H25N3O2. The predicted molar refractivity (Wildman–Crippen MR) is 97.4 cm³/mol. The molecule has 1 amide bonds. The Balaban J connectivity index is 1.88. The van der Waals surface area contributed by atoms with Gasteiger partial charge in [-0.15, -0.1) is 0 Å². The van der Waals surface area contributed by atoms with Gasteiger partial charge in [-0.1, -0.05) is 35.4 Å². The lowest BCUT2D eigenvalue weighted by Gasteiger charge is -2.30. The number of nitrogens with zero attached hydrogens (tertiary/aromatic N) is 2. The predicted octanol–water partition coefficient (Wildman–Crippen LogP) is 2.23. The zero-order chi connectivity index (χ0) is 17.8. The Bertz CT molecular complexity index is 713. The number of morpholine rings is 1. The summed E-state index contributed by atoms with van der Waals surface area (Å²) < 4.78 is 5.66. The number of benzene rings is 1. The molecule has 1 aromatic carbocycles. The third-order valence-corrected chi connectivity index (χ3v) is 4.44. The molecule has 0 spiro atoms. The molecule has 0 radical (unpaired) electrons. The molecule has 5 heteroatoms. The fraction of sp³-hybridized carbons (Fsp3) is 0.400. The summed E-state index contributed by atoms with van der Waals surface area (Å²) in [5.74, 6) is -0.0837. The highest BCUT2D eigenvalue weighted by Crippen LogP contribution is 2.24. The van der Waals surface area contributed by atoms with Gasteiger partial charge in [0, 0.05) is 25.5 Å². The Hall–Kier alpha value is -2.24. The van der Waals surface area contributed by atoms with Crippen molar-refractivity contribution in [2.24, 2.45) is 0 Å². The second-order valence-corrected chi connectivity index (χ2v) is 6.77. The number of nitrogens with one attached hydrogen (secondary N) is 1. The van der Waals surface area contributed by atoms with Gasteiger partial charge in [-0.25, -0.2) is 0 Å². The quantitative estimate of drug-likeness (QED) is 0.928. The first-order chi connectivity index (χ1) is 12.0. The standard InChI is InChI=1S/C20H25N3O2/c1-14-9-15(2)11-17(10-14)19(16-5-4-6-21-12-16)22-20(24)18-13-23(3)7-8-25-18/h4-6,9-12,18-19H,7-8,13H2,1-3H3,(H,22,24)/t18-,19+/m0/s1. The summed E-state index contributed by atoms with van der Waals surface area (Å²) >= 11 is 0. The van der Waals surface area contributed by atoms with Crippen LogP contribution in [0.1, 0.15) is 28.3 Å². The van der Waals surface area contributed by atoms with E-state index in [0.717, 1.165) is 17.7 Å². The minimum Gasteiger partial charge on any atom is -0.366 e. The van der Waals surface area contributed by atoms with Gasteiger partial charge < -0.3 is 15.0 Å². The molecule has 1 aromatic heterocycles. The van der Waals surface area contributed by atoms with Gasteiger partial charge in [-0.3, -0.25) is 9.78 Å². The van der Waals surface area contributed by atoms with Gasteiger partial charge in [0.15, 0.2) is 0 Å². The molecule has 0 unspecified atom stereocenters. The van der Waals surface area contributed by atoms with Crippen LogP contribution in [-0.4, -0.2) is 48.6 Å². The van der Waals surface area contributed by atoms with E-state index in [2.05, 4.69) is 47.2 Å². The van der Waals surface area contributed by atoms with Crippen molar-refractivity contribution >= 4 is 5.91 Å².